The smallest absolute Gasteiger partial charge is 0.174 e. The summed E-state index contributed by atoms with van der Waals surface area (Å²) in [6, 6.07) is 21.9. The fourth-order valence-corrected chi connectivity index (χ4v) is 5.55. The van der Waals surface area contributed by atoms with Gasteiger partial charge in [-0.2, -0.15) is 0 Å². The fourth-order valence-electron chi connectivity index (χ4n) is 5.04. The molecule has 5 nitrogen and oxygen atoms in total. The first kappa shape index (κ1) is 23.4. The van der Waals surface area contributed by atoms with E-state index in [1.165, 1.54) is 0 Å². The maximum absolute atomic E-state index is 6.39. The molecule has 35 heavy (non-hydrogen) atoms. The number of aromatic nitrogens is 2. The van der Waals surface area contributed by atoms with Gasteiger partial charge in [-0.15, -0.1) is 0 Å². The van der Waals surface area contributed by atoms with Crippen molar-refractivity contribution in [1.82, 2.24) is 14.9 Å². The number of pyridine rings is 1. The Morgan fingerprint density at radius 2 is 1.74 bits per heavy atom. The largest absolute Gasteiger partial charge is 0.495 e. The van der Waals surface area contributed by atoms with Gasteiger partial charge in [-0.25, -0.2) is 0 Å². The summed E-state index contributed by atoms with van der Waals surface area (Å²) < 4.78 is 8.00. The zero-order valence-electron chi connectivity index (χ0n) is 20.1. The Morgan fingerprint density at radius 3 is 2.49 bits per heavy atom. The number of anilines is 1. The molecular formula is C28H27ClN4OS. The van der Waals surface area contributed by atoms with Crippen LogP contribution >= 0.6 is 23.8 Å². The number of nitrogens with one attached hydrogen (secondary N) is 1. The molecule has 0 saturated carbocycles. The molecule has 0 bridgehead atoms. The summed E-state index contributed by atoms with van der Waals surface area (Å²) >= 11 is 12.3. The molecule has 0 aliphatic carbocycles. The first-order valence-corrected chi connectivity index (χ1v) is 12.3. The van der Waals surface area contributed by atoms with E-state index >= 15 is 0 Å². The molecule has 1 N–H and O–H groups in total. The second kappa shape index (κ2) is 9.36. The van der Waals surface area contributed by atoms with Crippen LogP contribution in [0.5, 0.6) is 5.75 Å². The summed E-state index contributed by atoms with van der Waals surface area (Å²) in [5, 5.41) is 4.89. The summed E-state index contributed by atoms with van der Waals surface area (Å²) in [7, 11) is 1.68. The van der Waals surface area contributed by atoms with Crippen LogP contribution in [0.25, 0.3) is 5.69 Å². The van der Waals surface area contributed by atoms with Gasteiger partial charge in [0.05, 0.1) is 30.6 Å². The standard InChI is InChI=1S/C28H27ClN4OS/c1-17-12-13-20(29)16-24(17)32-18(2)15-21(19(32)3)27-26(22-9-7-8-14-30-22)31-28(35)33(27)23-10-5-6-11-25(23)34-4/h5-16,26-27H,1-4H3,(H,31,35)/t26-,27+/m1/s1. The van der Waals surface area contributed by atoms with Crippen molar-refractivity contribution in [2.45, 2.75) is 32.9 Å². The van der Waals surface area contributed by atoms with E-state index in [4.69, 9.17) is 28.6 Å². The predicted octanol–water partition coefficient (Wildman–Crippen LogP) is 6.64. The maximum Gasteiger partial charge on any atom is 0.174 e. The van der Waals surface area contributed by atoms with Crippen LogP contribution < -0.4 is 15.0 Å². The maximum atomic E-state index is 6.39. The molecule has 4 aromatic rings. The molecule has 3 heterocycles. The zero-order valence-corrected chi connectivity index (χ0v) is 21.7. The van der Waals surface area contributed by atoms with Crippen LogP contribution in [-0.4, -0.2) is 21.8 Å². The number of para-hydroxylation sites is 2. The lowest BCUT2D eigenvalue weighted by atomic mass is 9.96. The lowest BCUT2D eigenvalue weighted by Crippen LogP contribution is -2.30. The molecule has 1 saturated heterocycles. The predicted molar refractivity (Wildman–Crippen MR) is 146 cm³/mol. The van der Waals surface area contributed by atoms with Gasteiger partial charge in [-0.3, -0.25) is 4.98 Å². The molecule has 0 unspecified atom stereocenters. The Morgan fingerprint density at radius 1 is 0.971 bits per heavy atom. The summed E-state index contributed by atoms with van der Waals surface area (Å²) in [5.41, 5.74) is 7.50. The second-order valence-electron chi connectivity index (χ2n) is 8.76. The van der Waals surface area contributed by atoms with Gasteiger partial charge in [-0.1, -0.05) is 35.9 Å². The number of hydrogen-bond donors (Lipinski definition) is 1. The Kier molecular flexibility index (Phi) is 6.26. The van der Waals surface area contributed by atoms with Crippen molar-refractivity contribution >= 4 is 34.6 Å². The molecule has 1 aliphatic heterocycles. The van der Waals surface area contributed by atoms with Crippen molar-refractivity contribution in [2.75, 3.05) is 12.0 Å². The van der Waals surface area contributed by atoms with Crippen LogP contribution in [0.3, 0.4) is 0 Å². The molecule has 2 aromatic carbocycles. The van der Waals surface area contributed by atoms with Crippen molar-refractivity contribution in [3.8, 4) is 11.4 Å². The lowest BCUT2D eigenvalue weighted by Gasteiger charge is -2.29. The van der Waals surface area contributed by atoms with E-state index < -0.39 is 0 Å². The number of benzene rings is 2. The summed E-state index contributed by atoms with van der Waals surface area (Å²) in [4.78, 5) is 6.84. The number of methoxy groups -OCH3 is 1. The molecule has 0 spiro atoms. The Bertz CT molecular complexity index is 1400. The van der Waals surface area contributed by atoms with Crippen LogP contribution in [0.15, 0.2) is 72.9 Å². The molecule has 5 rings (SSSR count). The SMILES string of the molecule is COc1ccccc1N1C(=S)N[C@H](c2ccccn2)[C@@H]1c1cc(C)n(-c2cc(Cl)ccc2C)c1C. The number of rotatable bonds is 5. The first-order valence-electron chi connectivity index (χ1n) is 11.5. The quantitative estimate of drug-likeness (QED) is 0.310. The van der Waals surface area contributed by atoms with Crippen molar-refractivity contribution in [3.05, 3.63) is 106 Å². The van der Waals surface area contributed by atoms with Crippen LogP contribution in [0, 0.1) is 20.8 Å². The van der Waals surface area contributed by atoms with Gasteiger partial charge in [-0.05, 0) is 86.6 Å². The highest BCUT2D eigenvalue weighted by Gasteiger charge is 2.43. The molecule has 2 aromatic heterocycles. The van der Waals surface area contributed by atoms with Gasteiger partial charge >= 0.3 is 0 Å². The molecule has 178 valence electrons. The molecule has 2 atom stereocenters. The van der Waals surface area contributed by atoms with Crippen LogP contribution in [0.4, 0.5) is 5.69 Å². The van der Waals surface area contributed by atoms with Crippen LogP contribution in [0.2, 0.25) is 5.02 Å². The number of hydrogen-bond acceptors (Lipinski definition) is 3. The van der Waals surface area contributed by atoms with Crippen molar-refractivity contribution < 1.29 is 4.74 Å². The van der Waals surface area contributed by atoms with Gasteiger partial charge < -0.3 is 19.5 Å². The number of aryl methyl sites for hydroxylation is 2. The van der Waals surface area contributed by atoms with E-state index in [-0.39, 0.29) is 12.1 Å². The van der Waals surface area contributed by atoms with E-state index in [0.717, 1.165) is 45.3 Å². The van der Waals surface area contributed by atoms with E-state index in [1.54, 1.807) is 7.11 Å². The molecule has 1 aliphatic rings. The lowest BCUT2D eigenvalue weighted by molar-refractivity contribution is 0.414. The van der Waals surface area contributed by atoms with E-state index in [2.05, 4.69) is 52.7 Å². The number of halogens is 1. The third-order valence-electron chi connectivity index (χ3n) is 6.64. The van der Waals surface area contributed by atoms with Crippen molar-refractivity contribution in [3.63, 3.8) is 0 Å². The number of ether oxygens (including phenoxy) is 1. The van der Waals surface area contributed by atoms with E-state index in [9.17, 15) is 0 Å². The molecule has 7 heteroatoms. The van der Waals surface area contributed by atoms with E-state index in [0.29, 0.717) is 10.1 Å². The third-order valence-corrected chi connectivity index (χ3v) is 7.19. The molecule has 0 amide bonds. The zero-order chi connectivity index (χ0) is 24.7. The highest BCUT2D eigenvalue weighted by Crippen LogP contribution is 2.46. The second-order valence-corrected chi connectivity index (χ2v) is 9.58. The number of thiocarbonyl (C=S) groups is 1. The highest BCUT2D eigenvalue weighted by molar-refractivity contribution is 7.80. The van der Waals surface area contributed by atoms with Gasteiger partial charge in [0, 0.05) is 28.3 Å². The fraction of sp³-hybridized carbons (Fsp3) is 0.214. The topological polar surface area (TPSA) is 42.3 Å². The first-order chi connectivity index (χ1) is 16.9. The average Bonchev–Trinajstić information content (AvgIpc) is 3.36. The van der Waals surface area contributed by atoms with Crippen molar-refractivity contribution in [1.29, 1.82) is 0 Å². The Labute approximate surface area is 216 Å². The normalized spacial score (nSPS) is 17.5. The van der Waals surface area contributed by atoms with Gasteiger partial charge in [0.2, 0.25) is 0 Å². The Balaban J connectivity index is 1.72. The molecule has 0 radical (unpaired) electrons. The Hall–Kier alpha value is -3.35. The number of nitrogens with zero attached hydrogens (tertiary/aromatic N) is 3. The van der Waals surface area contributed by atoms with E-state index in [1.807, 2.05) is 60.8 Å². The van der Waals surface area contributed by atoms with Gasteiger partial charge in [0.1, 0.15) is 5.75 Å². The minimum Gasteiger partial charge on any atom is -0.495 e. The highest BCUT2D eigenvalue weighted by atomic mass is 35.5. The molecule has 1 fully saturated rings. The summed E-state index contributed by atoms with van der Waals surface area (Å²) in [5.74, 6) is 0.766. The minimum absolute atomic E-state index is 0.131. The third kappa shape index (κ3) is 4.07. The molecular weight excluding hydrogens is 476 g/mol. The van der Waals surface area contributed by atoms with Gasteiger partial charge in [0.15, 0.2) is 5.11 Å². The summed E-state index contributed by atoms with van der Waals surface area (Å²) in [6.45, 7) is 6.38. The summed E-state index contributed by atoms with van der Waals surface area (Å²) in [6.07, 6.45) is 1.82. The van der Waals surface area contributed by atoms with Crippen LogP contribution in [-0.2, 0) is 0 Å². The van der Waals surface area contributed by atoms with Crippen LogP contribution in [0.1, 0.15) is 40.3 Å². The average molecular weight is 503 g/mol. The van der Waals surface area contributed by atoms with Gasteiger partial charge in [0.25, 0.3) is 0 Å². The van der Waals surface area contributed by atoms with Crippen molar-refractivity contribution in [2.24, 2.45) is 0 Å². The minimum atomic E-state index is -0.136. The monoisotopic (exact) mass is 502 g/mol.